The highest BCUT2D eigenvalue weighted by atomic mass is 15.3. The van der Waals surface area contributed by atoms with Crippen LogP contribution >= 0.6 is 0 Å². The summed E-state index contributed by atoms with van der Waals surface area (Å²) in [5.74, 6) is 0.0233. The normalized spacial score (nSPS) is 11.0. The standard InChI is InChI=1S/C15H32N4/c1-2-3-4-5-6-7-8-9-10-11-12-13-14-18-19-15(16)17/h14H,2-13H2,1H3,(H4,16,17,19)/b18-14-. The monoisotopic (exact) mass is 268 g/mol. The van der Waals surface area contributed by atoms with E-state index in [1.807, 2.05) is 0 Å². The molecule has 0 atom stereocenters. The third-order valence-corrected chi connectivity index (χ3v) is 3.19. The van der Waals surface area contributed by atoms with Gasteiger partial charge in [0.25, 0.3) is 0 Å². The molecule has 4 nitrogen and oxygen atoms in total. The summed E-state index contributed by atoms with van der Waals surface area (Å²) >= 11 is 0. The lowest BCUT2D eigenvalue weighted by molar-refractivity contribution is 0.552. The summed E-state index contributed by atoms with van der Waals surface area (Å²) in [7, 11) is 0. The Bertz CT molecular complexity index is 232. The van der Waals surface area contributed by atoms with Gasteiger partial charge in [-0.15, -0.1) is 5.10 Å². The predicted octanol–water partition coefficient (Wildman–Crippen LogP) is 3.95. The number of hydrogen-bond acceptors (Lipinski definition) is 2. The first-order valence-corrected chi connectivity index (χ1v) is 7.87. The molecule has 4 heteroatoms. The summed E-state index contributed by atoms with van der Waals surface area (Å²) in [6.07, 6.45) is 17.7. The lowest BCUT2D eigenvalue weighted by atomic mass is 10.1. The Morgan fingerprint density at radius 2 is 1.26 bits per heavy atom. The van der Waals surface area contributed by atoms with Crippen LogP contribution < -0.4 is 11.5 Å². The van der Waals surface area contributed by atoms with Crippen molar-refractivity contribution in [2.75, 3.05) is 0 Å². The van der Waals surface area contributed by atoms with Gasteiger partial charge in [-0.2, -0.15) is 5.10 Å². The maximum Gasteiger partial charge on any atom is 0.211 e. The van der Waals surface area contributed by atoms with Gasteiger partial charge in [0, 0.05) is 6.21 Å². The van der Waals surface area contributed by atoms with Crippen LogP contribution in [0.25, 0.3) is 0 Å². The van der Waals surface area contributed by atoms with Gasteiger partial charge in [0.05, 0.1) is 0 Å². The number of nitrogens with two attached hydrogens (primary N) is 2. The smallest absolute Gasteiger partial charge is 0.211 e. The van der Waals surface area contributed by atoms with Crippen LogP contribution in [0.5, 0.6) is 0 Å². The van der Waals surface area contributed by atoms with E-state index in [0.29, 0.717) is 0 Å². The summed E-state index contributed by atoms with van der Waals surface area (Å²) in [6.45, 7) is 2.27. The van der Waals surface area contributed by atoms with Gasteiger partial charge in [0.2, 0.25) is 5.96 Å². The fourth-order valence-electron chi connectivity index (χ4n) is 2.07. The largest absolute Gasteiger partial charge is 0.369 e. The van der Waals surface area contributed by atoms with Crippen LogP contribution in [0.4, 0.5) is 0 Å². The Morgan fingerprint density at radius 1 is 0.789 bits per heavy atom. The summed E-state index contributed by atoms with van der Waals surface area (Å²) < 4.78 is 0. The maximum absolute atomic E-state index is 5.15. The molecule has 0 aromatic carbocycles. The molecule has 19 heavy (non-hydrogen) atoms. The Kier molecular flexibility index (Phi) is 14.2. The summed E-state index contributed by atoms with van der Waals surface area (Å²) in [5.41, 5.74) is 10.3. The van der Waals surface area contributed by atoms with Gasteiger partial charge in [-0.05, 0) is 12.8 Å². The Labute approximate surface area is 118 Å². The SMILES string of the molecule is CCCCCCCCCCCCC/C=N\N=C(N)N. The molecule has 0 heterocycles. The maximum atomic E-state index is 5.15. The van der Waals surface area contributed by atoms with Gasteiger partial charge in [-0.25, -0.2) is 0 Å². The Hall–Kier alpha value is -1.06. The fraction of sp³-hybridized carbons (Fsp3) is 0.867. The second-order valence-corrected chi connectivity index (χ2v) is 5.15. The van der Waals surface area contributed by atoms with Gasteiger partial charge in [0.1, 0.15) is 0 Å². The van der Waals surface area contributed by atoms with Crippen LogP contribution in [-0.4, -0.2) is 12.2 Å². The molecule has 0 fully saturated rings. The molecule has 0 radical (unpaired) electrons. The van der Waals surface area contributed by atoms with E-state index < -0.39 is 0 Å². The van der Waals surface area contributed by atoms with E-state index in [-0.39, 0.29) is 5.96 Å². The quantitative estimate of drug-likeness (QED) is 0.230. The van der Waals surface area contributed by atoms with E-state index in [2.05, 4.69) is 17.1 Å². The summed E-state index contributed by atoms with van der Waals surface area (Å²) in [6, 6.07) is 0. The first-order chi connectivity index (χ1) is 9.27. The van der Waals surface area contributed by atoms with Crippen molar-refractivity contribution in [2.24, 2.45) is 21.7 Å². The van der Waals surface area contributed by atoms with Gasteiger partial charge in [0.15, 0.2) is 0 Å². The molecule has 0 rings (SSSR count). The molecule has 112 valence electrons. The van der Waals surface area contributed by atoms with Crippen molar-refractivity contribution in [3.8, 4) is 0 Å². The highest BCUT2D eigenvalue weighted by molar-refractivity contribution is 5.76. The summed E-state index contributed by atoms with van der Waals surface area (Å²) in [4.78, 5) is 0. The third-order valence-electron chi connectivity index (χ3n) is 3.19. The molecule has 0 aliphatic carbocycles. The fourth-order valence-corrected chi connectivity index (χ4v) is 2.07. The number of guanidine groups is 1. The van der Waals surface area contributed by atoms with Gasteiger partial charge in [-0.1, -0.05) is 71.1 Å². The average molecular weight is 268 g/mol. The second-order valence-electron chi connectivity index (χ2n) is 5.15. The van der Waals surface area contributed by atoms with Crippen molar-refractivity contribution in [3.63, 3.8) is 0 Å². The molecule has 0 aliphatic heterocycles. The molecule has 0 unspecified atom stereocenters. The number of rotatable bonds is 13. The highest BCUT2D eigenvalue weighted by Crippen LogP contribution is 2.11. The molecule has 0 aliphatic rings. The zero-order chi connectivity index (χ0) is 14.2. The van der Waals surface area contributed by atoms with Crippen LogP contribution in [0.2, 0.25) is 0 Å². The average Bonchev–Trinajstić information content (AvgIpc) is 2.39. The Balaban J connectivity index is 3.07. The van der Waals surface area contributed by atoms with E-state index in [4.69, 9.17) is 11.5 Å². The topological polar surface area (TPSA) is 76.8 Å². The molecule has 0 amide bonds. The third kappa shape index (κ3) is 16.9. The molecular formula is C15H32N4. The van der Waals surface area contributed by atoms with Crippen LogP contribution in [0.3, 0.4) is 0 Å². The number of nitrogens with zero attached hydrogens (tertiary/aromatic N) is 2. The van der Waals surface area contributed by atoms with Crippen LogP contribution in [0.1, 0.15) is 84.0 Å². The van der Waals surface area contributed by atoms with Crippen molar-refractivity contribution in [2.45, 2.75) is 84.0 Å². The summed E-state index contributed by atoms with van der Waals surface area (Å²) in [5, 5.41) is 7.32. The zero-order valence-electron chi connectivity index (χ0n) is 12.6. The minimum Gasteiger partial charge on any atom is -0.369 e. The molecule has 0 bridgehead atoms. The van der Waals surface area contributed by atoms with E-state index >= 15 is 0 Å². The van der Waals surface area contributed by atoms with Gasteiger partial charge >= 0.3 is 0 Å². The van der Waals surface area contributed by atoms with Crippen LogP contribution in [-0.2, 0) is 0 Å². The molecular weight excluding hydrogens is 236 g/mol. The zero-order valence-corrected chi connectivity index (χ0v) is 12.6. The highest BCUT2D eigenvalue weighted by Gasteiger charge is 1.92. The van der Waals surface area contributed by atoms with Crippen molar-refractivity contribution in [1.29, 1.82) is 0 Å². The lowest BCUT2D eigenvalue weighted by Gasteiger charge is -2.01. The van der Waals surface area contributed by atoms with Crippen molar-refractivity contribution < 1.29 is 0 Å². The number of hydrogen-bond donors (Lipinski definition) is 2. The van der Waals surface area contributed by atoms with Crippen LogP contribution in [0.15, 0.2) is 10.2 Å². The van der Waals surface area contributed by atoms with E-state index in [1.54, 1.807) is 6.21 Å². The minimum absolute atomic E-state index is 0.0233. The van der Waals surface area contributed by atoms with Crippen molar-refractivity contribution in [3.05, 3.63) is 0 Å². The van der Waals surface area contributed by atoms with Crippen molar-refractivity contribution >= 4 is 12.2 Å². The van der Waals surface area contributed by atoms with Gasteiger partial charge < -0.3 is 11.5 Å². The van der Waals surface area contributed by atoms with E-state index in [0.717, 1.165) is 6.42 Å². The first kappa shape index (κ1) is 17.9. The first-order valence-electron chi connectivity index (χ1n) is 7.87. The van der Waals surface area contributed by atoms with E-state index in [9.17, 15) is 0 Å². The molecule has 0 saturated heterocycles. The molecule has 0 saturated carbocycles. The number of unbranched alkanes of at least 4 members (excludes halogenated alkanes) is 11. The minimum atomic E-state index is 0.0233. The molecule has 0 spiro atoms. The molecule has 0 aromatic heterocycles. The second kappa shape index (κ2) is 15.0. The lowest BCUT2D eigenvalue weighted by Crippen LogP contribution is -2.21. The molecule has 4 N–H and O–H groups in total. The van der Waals surface area contributed by atoms with Gasteiger partial charge in [-0.3, -0.25) is 0 Å². The predicted molar refractivity (Wildman–Crippen MR) is 85.4 cm³/mol. The molecule has 0 aromatic rings. The Morgan fingerprint density at radius 3 is 1.74 bits per heavy atom. The van der Waals surface area contributed by atoms with Crippen molar-refractivity contribution in [1.82, 2.24) is 0 Å². The van der Waals surface area contributed by atoms with E-state index in [1.165, 1.54) is 70.6 Å². The van der Waals surface area contributed by atoms with Crippen LogP contribution in [0, 0.1) is 0 Å².